The highest BCUT2D eigenvalue weighted by atomic mass is 32.2. The van der Waals surface area contributed by atoms with Crippen LogP contribution in [0, 0.1) is 0 Å². The molecule has 0 bridgehead atoms. The van der Waals surface area contributed by atoms with Crippen molar-refractivity contribution in [3.8, 4) is 0 Å². The third-order valence-electron chi connectivity index (χ3n) is 2.70. The smallest absolute Gasteiger partial charge is 0.326 e. The van der Waals surface area contributed by atoms with Crippen molar-refractivity contribution in [1.82, 2.24) is 0 Å². The number of halogens is 3. The summed E-state index contributed by atoms with van der Waals surface area (Å²) in [6.07, 6.45) is -4.49. The Morgan fingerprint density at radius 3 is 2.15 bits per heavy atom. The minimum atomic E-state index is -4.49. The number of nitrogens with one attached hydrogen (secondary N) is 1. The van der Waals surface area contributed by atoms with Crippen LogP contribution in [-0.4, -0.2) is 13.2 Å². The summed E-state index contributed by atoms with van der Waals surface area (Å²) in [5, 5.41) is 0. The molecule has 0 aromatic heterocycles. The van der Waals surface area contributed by atoms with E-state index in [1.165, 1.54) is 20.8 Å². The summed E-state index contributed by atoms with van der Waals surface area (Å²) < 4.78 is 62.9. The minimum absolute atomic E-state index is 0.0652. The maximum Gasteiger partial charge on any atom is 0.416 e. The average molecular weight is 310 g/mol. The van der Waals surface area contributed by atoms with Crippen LogP contribution in [-0.2, 0) is 22.7 Å². The first kappa shape index (κ1) is 16.8. The lowest BCUT2D eigenvalue weighted by atomic mass is 10.1. The third kappa shape index (κ3) is 3.63. The van der Waals surface area contributed by atoms with Crippen LogP contribution < -0.4 is 10.5 Å². The first-order valence-corrected chi connectivity index (χ1v) is 7.29. The fourth-order valence-electron chi connectivity index (χ4n) is 1.34. The van der Waals surface area contributed by atoms with Crippen LogP contribution in [0.2, 0.25) is 0 Å². The van der Waals surface area contributed by atoms with Gasteiger partial charge in [0.05, 0.1) is 16.0 Å². The second kappa shape index (κ2) is 5.25. The summed E-state index contributed by atoms with van der Waals surface area (Å²) in [7, 11) is -3.72. The molecule has 0 aliphatic carbocycles. The van der Waals surface area contributed by atoms with Crippen LogP contribution in [0.1, 0.15) is 31.9 Å². The molecule has 114 valence electrons. The van der Waals surface area contributed by atoms with Gasteiger partial charge in [-0.15, -0.1) is 0 Å². The molecular formula is C12H17F3N2O2S. The Labute approximate surface area is 116 Å². The molecule has 1 aromatic rings. The van der Waals surface area contributed by atoms with Crippen molar-refractivity contribution in [2.75, 3.05) is 4.72 Å². The highest BCUT2D eigenvalue weighted by Crippen LogP contribution is 2.32. The zero-order valence-corrected chi connectivity index (χ0v) is 12.2. The van der Waals surface area contributed by atoms with Crippen LogP contribution in [0.3, 0.4) is 0 Å². The zero-order valence-electron chi connectivity index (χ0n) is 11.4. The SMILES string of the molecule is CC(C)(C)S(=O)(=O)Nc1ccc(C(F)(F)F)cc1CN. The van der Waals surface area contributed by atoms with E-state index in [4.69, 9.17) is 5.73 Å². The number of rotatable bonds is 3. The van der Waals surface area contributed by atoms with Gasteiger partial charge in [0.15, 0.2) is 0 Å². The number of anilines is 1. The van der Waals surface area contributed by atoms with Crippen LogP contribution in [0.4, 0.5) is 18.9 Å². The average Bonchev–Trinajstić information content (AvgIpc) is 2.26. The number of alkyl halides is 3. The van der Waals surface area contributed by atoms with Crippen molar-refractivity contribution in [1.29, 1.82) is 0 Å². The molecule has 1 aromatic carbocycles. The third-order valence-corrected chi connectivity index (χ3v) is 4.80. The van der Waals surface area contributed by atoms with E-state index in [-0.39, 0.29) is 17.8 Å². The summed E-state index contributed by atoms with van der Waals surface area (Å²) in [5.41, 5.74) is 4.68. The maximum atomic E-state index is 12.6. The van der Waals surface area contributed by atoms with Crippen molar-refractivity contribution in [2.45, 2.75) is 38.2 Å². The second-order valence-corrected chi connectivity index (χ2v) is 7.73. The van der Waals surface area contributed by atoms with E-state index in [9.17, 15) is 21.6 Å². The topological polar surface area (TPSA) is 72.2 Å². The van der Waals surface area contributed by atoms with Gasteiger partial charge in [0.2, 0.25) is 10.0 Å². The predicted molar refractivity (Wildman–Crippen MR) is 71.6 cm³/mol. The molecule has 3 N–H and O–H groups in total. The number of benzene rings is 1. The predicted octanol–water partition coefficient (Wildman–Crippen LogP) is 2.70. The Balaban J connectivity index is 3.22. The summed E-state index contributed by atoms with van der Waals surface area (Å²) >= 11 is 0. The van der Waals surface area contributed by atoms with Gasteiger partial charge < -0.3 is 5.73 Å². The standard InChI is InChI=1S/C12H17F3N2O2S/c1-11(2,3)20(18,19)17-10-5-4-9(12(13,14)15)6-8(10)7-16/h4-6,17H,7,16H2,1-3H3. The van der Waals surface area contributed by atoms with Crippen molar-refractivity contribution < 1.29 is 21.6 Å². The van der Waals surface area contributed by atoms with E-state index in [2.05, 4.69) is 4.72 Å². The number of sulfonamides is 1. The van der Waals surface area contributed by atoms with Gasteiger partial charge in [0.1, 0.15) is 0 Å². The molecule has 0 amide bonds. The molecule has 0 spiro atoms. The molecule has 1 rings (SSSR count). The van der Waals surface area contributed by atoms with E-state index in [1.807, 2.05) is 0 Å². The normalized spacial score (nSPS) is 13.3. The Morgan fingerprint density at radius 2 is 1.75 bits per heavy atom. The molecule has 0 atom stereocenters. The van der Waals surface area contributed by atoms with Crippen molar-refractivity contribution >= 4 is 15.7 Å². The molecular weight excluding hydrogens is 293 g/mol. The number of hydrogen-bond acceptors (Lipinski definition) is 3. The van der Waals surface area contributed by atoms with Crippen LogP contribution in [0.15, 0.2) is 18.2 Å². The second-order valence-electron chi connectivity index (χ2n) is 5.29. The fourth-order valence-corrected chi connectivity index (χ4v) is 2.13. The van der Waals surface area contributed by atoms with Gasteiger partial charge in [-0.1, -0.05) is 0 Å². The highest BCUT2D eigenvalue weighted by molar-refractivity contribution is 7.94. The van der Waals surface area contributed by atoms with E-state index in [0.717, 1.165) is 18.2 Å². The first-order chi connectivity index (χ1) is 8.88. The lowest BCUT2D eigenvalue weighted by Gasteiger charge is -2.22. The molecule has 0 fully saturated rings. The largest absolute Gasteiger partial charge is 0.416 e. The highest BCUT2D eigenvalue weighted by Gasteiger charge is 2.32. The maximum absolute atomic E-state index is 12.6. The molecule has 0 aliphatic heterocycles. The lowest BCUT2D eigenvalue weighted by Crippen LogP contribution is -2.34. The van der Waals surface area contributed by atoms with Gasteiger partial charge in [0.25, 0.3) is 0 Å². The molecule has 0 aliphatic rings. The van der Waals surface area contributed by atoms with Crippen LogP contribution in [0.25, 0.3) is 0 Å². The summed E-state index contributed by atoms with van der Waals surface area (Å²) in [6, 6.07) is 2.74. The Hall–Kier alpha value is -1.28. The summed E-state index contributed by atoms with van der Waals surface area (Å²) in [4.78, 5) is 0. The summed E-state index contributed by atoms with van der Waals surface area (Å²) in [5.74, 6) is 0. The zero-order chi connectivity index (χ0) is 15.8. The van der Waals surface area contributed by atoms with Crippen molar-refractivity contribution in [3.05, 3.63) is 29.3 Å². The monoisotopic (exact) mass is 310 g/mol. The number of nitrogens with two attached hydrogens (primary N) is 1. The molecule has 0 radical (unpaired) electrons. The molecule has 4 nitrogen and oxygen atoms in total. The van der Waals surface area contributed by atoms with Gasteiger partial charge in [-0.05, 0) is 44.5 Å². The molecule has 0 saturated carbocycles. The minimum Gasteiger partial charge on any atom is -0.326 e. The van der Waals surface area contributed by atoms with Gasteiger partial charge >= 0.3 is 6.18 Å². The van der Waals surface area contributed by atoms with Crippen molar-refractivity contribution in [3.63, 3.8) is 0 Å². The quantitative estimate of drug-likeness (QED) is 0.901. The molecule has 8 heteroatoms. The van der Waals surface area contributed by atoms with Gasteiger partial charge in [-0.3, -0.25) is 4.72 Å². The summed E-state index contributed by atoms with van der Waals surface area (Å²) in [6.45, 7) is 4.26. The fraction of sp³-hybridized carbons (Fsp3) is 0.500. The Bertz CT molecular complexity index is 590. The van der Waals surface area contributed by atoms with E-state index < -0.39 is 26.5 Å². The van der Waals surface area contributed by atoms with E-state index in [0.29, 0.717) is 0 Å². The van der Waals surface area contributed by atoms with Crippen molar-refractivity contribution in [2.24, 2.45) is 5.73 Å². The van der Waals surface area contributed by atoms with Gasteiger partial charge in [0, 0.05) is 6.54 Å². The Morgan fingerprint density at radius 1 is 1.20 bits per heavy atom. The molecule has 20 heavy (non-hydrogen) atoms. The first-order valence-electron chi connectivity index (χ1n) is 5.81. The molecule has 0 heterocycles. The molecule has 0 unspecified atom stereocenters. The molecule has 0 saturated heterocycles. The van der Waals surface area contributed by atoms with Crippen LogP contribution >= 0.6 is 0 Å². The Kier molecular flexibility index (Phi) is 4.40. The van der Waals surface area contributed by atoms with E-state index >= 15 is 0 Å². The number of hydrogen-bond donors (Lipinski definition) is 2. The van der Waals surface area contributed by atoms with Gasteiger partial charge in [-0.25, -0.2) is 8.42 Å². The van der Waals surface area contributed by atoms with Gasteiger partial charge in [-0.2, -0.15) is 13.2 Å². The lowest BCUT2D eigenvalue weighted by molar-refractivity contribution is -0.137. The van der Waals surface area contributed by atoms with Crippen LogP contribution in [0.5, 0.6) is 0 Å². The van der Waals surface area contributed by atoms with E-state index in [1.54, 1.807) is 0 Å².